The van der Waals surface area contributed by atoms with Crippen molar-refractivity contribution in [3.8, 4) is 11.5 Å². The van der Waals surface area contributed by atoms with Gasteiger partial charge in [0, 0.05) is 37.7 Å². The zero-order chi connectivity index (χ0) is 20.4. The van der Waals surface area contributed by atoms with Crippen molar-refractivity contribution in [2.75, 3.05) is 23.3 Å². The van der Waals surface area contributed by atoms with Crippen molar-refractivity contribution in [1.29, 1.82) is 0 Å². The number of nitrogens with one attached hydrogen (secondary N) is 1. The number of hydrogen-bond donors (Lipinski definition) is 1. The van der Waals surface area contributed by atoms with E-state index in [-0.39, 0.29) is 10.7 Å². The molecule has 0 bridgehead atoms. The van der Waals surface area contributed by atoms with Crippen LogP contribution in [0.25, 0.3) is 0 Å². The molecule has 0 atom stereocenters. The van der Waals surface area contributed by atoms with E-state index in [2.05, 4.69) is 15.3 Å². The van der Waals surface area contributed by atoms with Crippen molar-refractivity contribution in [1.82, 2.24) is 9.97 Å². The second-order valence-corrected chi connectivity index (χ2v) is 7.74. The van der Waals surface area contributed by atoms with Gasteiger partial charge < -0.3 is 19.7 Å². The van der Waals surface area contributed by atoms with E-state index in [1.807, 2.05) is 24.8 Å². The van der Waals surface area contributed by atoms with E-state index >= 15 is 0 Å². The molecule has 1 N–H and O–H groups in total. The number of fused-ring (bicyclic) bond motifs is 1. The average molecular weight is 417 g/mol. The maximum absolute atomic E-state index is 12.8. The Bertz CT molecular complexity index is 911. The largest absolute Gasteiger partial charge is 0.448 e. The predicted octanol–water partition coefficient (Wildman–Crippen LogP) is 4.66. The molecule has 1 saturated carbocycles. The topological polar surface area (TPSA) is 76.6 Å². The zero-order valence-electron chi connectivity index (χ0n) is 16.7. The van der Waals surface area contributed by atoms with Gasteiger partial charge in [-0.3, -0.25) is 4.79 Å². The third-order valence-electron chi connectivity index (χ3n) is 5.40. The van der Waals surface area contributed by atoms with Gasteiger partial charge in [0.1, 0.15) is 0 Å². The minimum atomic E-state index is -0.544. The molecule has 2 heterocycles. The number of amides is 1. The van der Waals surface area contributed by atoms with Crippen molar-refractivity contribution in [2.24, 2.45) is 0 Å². The lowest BCUT2D eigenvalue weighted by Gasteiger charge is -2.31. The first kappa shape index (κ1) is 19.8. The van der Waals surface area contributed by atoms with E-state index in [0.29, 0.717) is 23.1 Å². The Morgan fingerprint density at radius 2 is 1.90 bits per heavy atom. The molecule has 1 aliphatic heterocycles. The van der Waals surface area contributed by atoms with Crippen molar-refractivity contribution in [2.45, 2.75) is 51.7 Å². The van der Waals surface area contributed by atoms with Gasteiger partial charge in [-0.15, -0.1) is 0 Å². The van der Waals surface area contributed by atoms with E-state index in [1.54, 1.807) is 12.1 Å². The van der Waals surface area contributed by atoms with Gasteiger partial charge in [0.2, 0.25) is 5.95 Å². The van der Waals surface area contributed by atoms with Crippen LogP contribution in [-0.4, -0.2) is 34.8 Å². The molecule has 1 amide bonds. The molecular formula is C21H25ClN4O3. The molecular weight excluding hydrogens is 392 g/mol. The monoisotopic (exact) mass is 416 g/mol. The summed E-state index contributed by atoms with van der Waals surface area (Å²) < 4.78 is 12.2. The van der Waals surface area contributed by atoms with Gasteiger partial charge in [0.25, 0.3) is 11.7 Å². The Kier molecular flexibility index (Phi) is 5.50. The summed E-state index contributed by atoms with van der Waals surface area (Å²) in [7, 11) is 0. The van der Waals surface area contributed by atoms with E-state index in [4.69, 9.17) is 21.1 Å². The highest BCUT2D eigenvalue weighted by Gasteiger charge is 2.42. The highest BCUT2D eigenvalue weighted by Crippen LogP contribution is 2.46. The number of nitrogens with zero attached hydrogens (tertiary/aromatic N) is 3. The molecule has 1 fully saturated rings. The Labute approximate surface area is 175 Å². The van der Waals surface area contributed by atoms with E-state index in [9.17, 15) is 4.79 Å². The van der Waals surface area contributed by atoms with Gasteiger partial charge in [-0.25, -0.2) is 9.97 Å². The first-order valence-corrected chi connectivity index (χ1v) is 10.5. The third kappa shape index (κ3) is 3.96. The fourth-order valence-corrected chi connectivity index (χ4v) is 4.01. The standard InChI is InChI=1S/C21H25ClN4O3/c1-3-26(4-2)20-23-13-15(22)18(25-20)19(27)24-14-8-9-16-17(12-14)29-21(28-16)10-6-5-7-11-21/h8-9,12-13H,3-7,10-11H2,1-2H3,(H,24,27). The number of anilines is 2. The molecule has 1 aromatic carbocycles. The molecule has 1 spiro atoms. The van der Waals surface area contributed by atoms with Crippen LogP contribution in [0.5, 0.6) is 11.5 Å². The first-order valence-electron chi connectivity index (χ1n) is 10.1. The van der Waals surface area contributed by atoms with Crippen LogP contribution in [0.1, 0.15) is 56.4 Å². The summed E-state index contributed by atoms with van der Waals surface area (Å²) in [6, 6.07) is 5.41. The summed E-state index contributed by atoms with van der Waals surface area (Å²) in [6.45, 7) is 5.49. The van der Waals surface area contributed by atoms with Crippen molar-refractivity contribution in [3.05, 3.63) is 35.1 Å². The quantitative estimate of drug-likeness (QED) is 0.763. The predicted molar refractivity (Wildman–Crippen MR) is 112 cm³/mol. The normalized spacial score (nSPS) is 16.7. The van der Waals surface area contributed by atoms with Crippen molar-refractivity contribution in [3.63, 3.8) is 0 Å². The highest BCUT2D eigenvalue weighted by atomic mass is 35.5. The molecule has 8 heteroatoms. The lowest BCUT2D eigenvalue weighted by molar-refractivity contribution is -0.105. The van der Waals surface area contributed by atoms with Crippen LogP contribution in [0.3, 0.4) is 0 Å². The molecule has 0 unspecified atom stereocenters. The summed E-state index contributed by atoms with van der Waals surface area (Å²) in [5.41, 5.74) is 0.745. The Morgan fingerprint density at radius 3 is 2.62 bits per heavy atom. The smallest absolute Gasteiger partial charge is 0.276 e. The van der Waals surface area contributed by atoms with E-state index in [0.717, 1.165) is 38.8 Å². The average Bonchev–Trinajstić information content (AvgIpc) is 3.07. The lowest BCUT2D eigenvalue weighted by Crippen LogP contribution is -2.40. The second kappa shape index (κ2) is 8.06. The van der Waals surface area contributed by atoms with Gasteiger partial charge in [-0.05, 0) is 38.8 Å². The summed E-state index contributed by atoms with van der Waals surface area (Å²) >= 11 is 6.19. The number of benzene rings is 1. The first-order chi connectivity index (χ1) is 14.0. The van der Waals surface area contributed by atoms with Crippen LogP contribution in [0.15, 0.2) is 24.4 Å². The molecule has 1 aromatic heterocycles. The van der Waals surface area contributed by atoms with Crippen LogP contribution in [0.2, 0.25) is 5.02 Å². The summed E-state index contributed by atoms with van der Waals surface area (Å²) in [4.78, 5) is 23.4. The van der Waals surface area contributed by atoms with Crippen LogP contribution < -0.4 is 19.7 Å². The molecule has 7 nitrogen and oxygen atoms in total. The molecule has 1 aliphatic carbocycles. The highest BCUT2D eigenvalue weighted by molar-refractivity contribution is 6.34. The van der Waals surface area contributed by atoms with Gasteiger partial charge in [0.15, 0.2) is 17.2 Å². The fraction of sp³-hybridized carbons (Fsp3) is 0.476. The Hall–Kier alpha value is -2.54. The Balaban J connectivity index is 1.52. The fourth-order valence-electron chi connectivity index (χ4n) is 3.83. The molecule has 29 heavy (non-hydrogen) atoms. The molecule has 2 aromatic rings. The van der Waals surface area contributed by atoms with Crippen LogP contribution in [0, 0.1) is 0 Å². The SMILES string of the molecule is CCN(CC)c1ncc(Cl)c(C(=O)Nc2ccc3c(c2)OC2(CCCCC2)O3)n1. The van der Waals surface area contributed by atoms with Gasteiger partial charge in [-0.2, -0.15) is 0 Å². The number of rotatable bonds is 5. The summed E-state index contributed by atoms with van der Waals surface area (Å²) in [5.74, 6) is 0.917. The number of ether oxygens (including phenoxy) is 2. The maximum atomic E-state index is 12.8. The molecule has 4 rings (SSSR count). The number of aromatic nitrogens is 2. The molecule has 0 saturated heterocycles. The number of hydrogen-bond acceptors (Lipinski definition) is 6. The van der Waals surface area contributed by atoms with Crippen LogP contribution in [0.4, 0.5) is 11.6 Å². The minimum absolute atomic E-state index is 0.144. The summed E-state index contributed by atoms with van der Waals surface area (Å²) in [5, 5.41) is 3.06. The van der Waals surface area contributed by atoms with Gasteiger partial charge in [0.05, 0.1) is 11.2 Å². The van der Waals surface area contributed by atoms with Gasteiger partial charge in [-0.1, -0.05) is 18.0 Å². The molecule has 154 valence electrons. The third-order valence-corrected chi connectivity index (χ3v) is 5.68. The zero-order valence-corrected chi connectivity index (χ0v) is 17.5. The molecule has 2 aliphatic rings. The number of carbonyl (C=O) groups excluding carboxylic acids is 1. The maximum Gasteiger partial charge on any atom is 0.276 e. The Morgan fingerprint density at radius 1 is 1.17 bits per heavy atom. The second-order valence-electron chi connectivity index (χ2n) is 7.33. The van der Waals surface area contributed by atoms with Crippen molar-refractivity contribution >= 4 is 29.1 Å². The summed E-state index contributed by atoms with van der Waals surface area (Å²) in [6.07, 6.45) is 6.63. The van der Waals surface area contributed by atoms with Crippen LogP contribution >= 0.6 is 11.6 Å². The number of carbonyl (C=O) groups is 1. The van der Waals surface area contributed by atoms with E-state index in [1.165, 1.54) is 12.6 Å². The van der Waals surface area contributed by atoms with Gasteiger partial charge >= 0.3 is 0 Å². The number of halogens is 1. The lowest BCUT2D eigenvalue weighted by atomic mass is 9.94. The van der Waals surface area contributed by atoms with Crippen LogP contribution in [-0.2, 0) is 0 Å². The molecule has 0 radical (unpaired) electrons. The van der Waals surface area contributed by atoms with Crippen molar-refractivity contribution < 1.29 is 14.3 Å². The minimum Gasteiger partial charge on any atom is -0.448 e. The van der Waals surface area contributed by atoms with E-state index < -0.39 is 11.7 Å².